The summed E-state index contributed by atoms with van der Waals surface area (Å²) in [5.41, 5.74) is 0.648. The van der Waals surface area contributed by atoms with E-state index >= 15 is 0 Å². The first kappa shape index (κ1) is 26.2. The Morgan fingerprint density at radius 3 is 2.10 bits per heavy atom. The monoisotopic (exact) mass is 421 g/mol. The van der Waals surface area contributed by atoms with Crippen LogP contribution in [0.4, 0.5) is 0 Å². The number of piperidine rings is 1. The van der Waals surface area contributed by atoms with Crippen LogP contribution in [0.15, 0.2) is 0 Å². The molecule has 0 radical (unpaired) electrons. The van der Waals surface area contributed by atoms with Gasteiger partial charge in [-0.2, -0.15) is 0 Å². The average molecular weight is 422 g/mol. The van der Waals surface area contributed by atoms with Crippen LogP contribution in [0.25, 0.3) is 0 Å². The standard InChI is InChI=1S/C28H55NO/c1-5-9-11-12-15-26(14-10-6-2)16-21-30-27-22-28(23-27)17-19-29(20-18-28)24-25(8-4)13-7-3/h25-27H,5-24H2,1-4H3. The molecule has 0 aromatic carbocycles. The van der Waals surface area contributed by atoms with Crippen molar-refractivity contribution in [2.24, 2.45) is 17.3 Å². The molecule has 1 spiro atoms. The van der Waals surface area contributed by atoms with Gasteiger partial charge in [-0.3, -0.25) is 0 Å². The summed E-state index contributed by atoms with van der Waals surface area (Å²) in [5.74, 6) is 1.83. The summed E-state index contributed by atoms with van der Waals surface area (Å²) in [6.07, 6.45) is 22.8. The summed E-state index contributed by atoms with van der Waals surface area (Å²) in [4.78, 5) is 2.76. The Labute approximate surface area is 189 Å². The van der Waals surface area contributed by atoms with Gasteiger partial charge in [-0.15, -0.1) is 0 Å². The van der Waals surface area contributed by atoms with E-state index in [2.05, 4.69) is 32.6 Å². The van der Waals surface area contributed by atoms with Crippen molar-refractivity contribution in [3.05, 3.63) is 0 Å². The lowest BCUT2D eigenvalue weighted by Crippen LogP contribution is -2.50. The molecule has 178 valence electrons. The van der Waals surface area contributed by atoms with Gasteiger partial charge in [0.15, 0.2) is 0 Å². The second kappa shape index (κ2) is 14.9. The minimum atomic E-state index is 0.576. The summed E-state index contributed by atoms with van der Waals surface area (Å²) >= 11 is 0. The molecule has 1 saturated carbocycles. The van der Waals surface area contributed by atoms with Gasteiger partial charge >= 0.3 is 0 Å². The quantitative estimate of drug-likeness (QED) is 0.219. The fourth-order valence-electron chi connectivity index (χ4n) is 6.03. The Bertz CT molecular complexity index is 407. The molecule has 0 bridgehead atoms. The Balaban J connectivity index is 1.59. The number of nitrogens with zero attached hydrogens (tertiary/aromatic N) is 1. The normalized spacial score (nSPS) is 21.6. The maximum Gasteiger partial charge on any atom is 0.0585 e. The molecule has 0 amide bonds. The molecular formula is C28H55NO. The van der Waals surface area contributed by atoms with Gasteiger partial charge in [-0.05, 0) is 68.9 Å². The molecular weight excluding hydrogens is 366 g/mol. The first-order chi connectivity index (χ1) is 14.6. The SMILES string of the molecule is CCCCCCC(CCCC)CCOC1CC2(CCN(CC(CC)CCC)CC2)C1. The Morgan fingerprint density at radius 1 is 0.767 bits per heavy atom. The van der Waals surface area contributed by atoms with Crippen molar-refractivity contribution < 1.29 is 4.74 Å². The van der Waals surface area contributed by atoms with Gasteiger partial charge in [0.2, 0.25) is 0 Å². The highest BCUT2D eigenvalue weighted by Crippen LogP contribution is 2.50. The van der Waals surface area contributed by atoms with Gasteiger partial charge in [-0.1, -0.05) is 91.9 Å². The molecule has 0 aromatic rings. The van der Waals surface area contributed by atoms with Crippen LogP contribution in [-0.4, -0.2) is 37.2 Å². The minimum absolute atomic E-state index is 0.576. The second-order valence-electron chi connectivity index (χ2n) is 10.9. The van der Waals surface area contributed by atoms with Crippen LogP contribution in [0.2, 0.25) is 0 Å². The van der Waals surface area contributed by atoms with Gasteiger partial charge in [0.1, 0.15) is 0 Å². The molecule has 2 rings (SSSR count). The van der Waals surface area contributed by atoms with E-state index in [0.717, 1.165) is 18.4 Å². The molecule has 2 unspecified atom stereocenters. The summed E-state index contributed by atoms with van der Waals surface area (Å²) < 4.78 is 6.37. The van der Waals surface area contributed by atoms with Crippen molar-refractivity contribution in [2.45, 2.75) is 137 Å². The van der Waals surface area contributed by atoms with Crippen LogP contribution in [0.3, 0.4) is 0 Å². The van der Waals surface area contributed by atoms with Crippen LogP contribution in [-0.2, 0) is 4.74 Å². The summed E-state index contributed by atoms with van der Waals surface area (Å²) in [6, 6.07) is 0. The van der Waals surface area contributed by atoms with Gasteiger partial charge in [0.05, 0.1) is 6.10 Å². The Kier molecular flexibility index (Phi) is 13.0. The molecule has 2 fully saturated rings. The van der Waals surface area contributed by atoms with E-state index in [4.69, 9.17) is 4.74 Å². The molecule has 2 nitrogen and oxygen atoms in total. The van der Waals surface area contributed by atoms with E-state index in [9.17, 15) is 0 Å². The van der Waals surface area contributed by atoms with Crippen molar-refractivity contribution >= 4 is 0 Å². The maximum absolute atomic E-state index is 6.37. The molecule has 0 N–H and O–H groups in total. The van der Waals surface area contributed by atoms with Crippen molar-refractivity contribution in [3.8, 4) is 0 Å². The van der Waals surface area contributed by atoms with Crippen LogP contribution < -0.4 is 0 Å². The lowest BCUT2D eigenvalue weighted by atomic mass is 9.61. The number of hydrogen-bond donors (Lipinski definition) is 0. The number of unbranched alkanes of at least 4 members (excludes halogenated alkanes) is 4. The summed E-state index contributed by atoms with van der Waals surface area (Å²) in [7, 11) is 0. The molecule has 1 heterocycles. The van der Waals surface area contributed by atoms with Crippen molar-refractivity contribution in [2.75, 3.05) is 26.2 Å². The number of hydrogen-bond acceptors (Lipinski definition) is 2. The van der Waals surface area contributed by atoms with E-state index in [1.807, 2.05) is 0 Å². The van der Waals surface area contributed by atoms with E-state index < -0.39 is 0 Å². The molecule has 0 aromatic heterocycles. The van der Waals surface area contributed by atoms with E-state index in [-0.39, 0.29) is 0 Å². The molecule has 1 saturated heterocycles. The topological polar surface area (TPSA) is 12.5 Å². The summed E-state index contributed by atoms with van der Waals surface area (Å²) in [6.45, 7) is 14.4. The summed E-state index contributed by atoms with van der Waals surface area (Å²) in [5, 5.41) is 0. The van der Waals surface area contributed by atoms with Crippen molar-refractivity contribution in [3.63, 3.8) is 0 Å². The Hall–Kier alpha value is -0.0800. The number of ether oxygens (including phenoxy) is 1. The molecule has 2 heteroatoms. The highest BCUT2D eigenvalue weighted by Gasteiger charge is 2.46. The van der Waals surface area contributed by atoms with E-state index in [0.29, 0.717) is 11.5 Å². The predicted octanol–water partition coefficient (Wildman–Crippen LogP) is 8.24. The second-order valence-corrected chi connectivity index (χ2v) is 10.9. The predicted molar refractivity (Wildman–Crippen MR) is 132 cm³/mol. The van der Waals surface area contributed by atoms with E-state index in [1.54, 1.807) is 0 Å². The highest BCUT2D eigenvalue weighted by atomic mass is 16.5. The number of likely N-dealkylation sites (tertiary alicyclic amines) is 1. The third kappa shape index (κ3) is 9.19. The lowest BCUT2D eigenvalue weighted by molar-refractivity contribution is -0.108. The fourth-order valence-corrected chi connectivity index (χ4v) is 6.03. The first-order valence-electron chi connectivity index (χ1n) is 14.0. The fraction of sp³-hybridized carbons (Fsp3) is 1.00. The van der Waals surface area contributed by atoms with Crippen LogP contribution >= 0.6 is 0 Å². The lowest BCUT2D eigenvalue weighted by Gasteiger charge is -2.52. The van der Waals surface area contributed by atoms with Gasteiger partial charge in [0.25, 0.3) is 0 Å². The largest absolute Gasteiger partial charge is 0.378 e. The van der Waals surface area contributed by atoms with Crippen LogP contribution in [0.5, 0.6) is 0 Å². The zero-order valence-corrected chi connectivity index (χ0v) is 21.2. The average Bonchev–Trinajstić information content (AvgIpc) is 2.74. The molecule has 2 atom stereocenters. The maximum atomic E-state index is 6.37. The third-order valence-corrected chi connectivity index (χ3v) is 8.34. The van der Waals surface area contributed by atoms with Gasteiger partial charge < -0.3 is 9.64 Å². The zero-order chi connectivity index (χ0) is 21.7. The Morgan fingerprint density at radius 2 is 1.47 bits per heavy atom. The van der Waals surface area contributed by atoms with Gasteiger partial charge in [0, 0.05) is 13.2 Å². The molecule has 1 aliphatic heterocycles. The minimum Gasteiger partial charge on any atom is -0.378 e. The van der Waals surface area contributed by atoms with Gasteiger partial charge in [-0.25, -0.2) is 0 Å². The van der Waals surface area contributed by atoms with Crippen LogP contribution in [0.1, 0.15) is 130 Å². The number of rotatable bonds is 17. The van der Waals surface area contributed by atoms with E-state index in [1.165, 1.54) is 122 Å². The molecule has 2 aliphatic rings. The zero-order valence-electron chi connectivity index (χ0n) is 21.2. The molecule has 30 heavy (non-hydrogen) atoms. The smallest absolute Gasteiger partial charge is 0.0585 e. The first-order valence-corrected chi connectivity index (χ1v) is 14.0. The van der Waals surface area contributed by atoms with Crippen LogP contribution in [0, 0.1) is 17.3 Å². The van der Waals surface area contributed by atoms with Crippen molar-refractivity contribution in [1.29, 1.82) is 0 Å². The van der Waals surface area contributed by atoms with Crippen molar-refractivity contribution in [1.82, 2.24) is 4.90 Å². The third-order valence-electron chi connectivity index (χ3n) is 8.34. The molecule has 1 aliphatic carbocycles. The highest BCUT2D eigenvalue weighted by molar-refractivity contribution is 4.98.